The molecule has 0 aliphatic carbocycles. The van der Waals surface area contributed by atoms with E-state index in [2.05, 4.69) is 31.3 Å². The summed E-state index contributed by atoms with van der Waals surface area (Å²) in [5.74, 6) is 0. The topological polar surface area (TPSA) is 58.3 Å². The maximum atomic E-state index is 8.88. The minimum Gasteiger partial charge on any atom is -0.396 e. The average molecular weight is 222 g/mol. The molecule has 0 heterocycles. The maximum absolute atomic E-state index is 8.88. The lowest BCUT2D eigenvalue weighted by atomic mass is 10.0. The van der Waals surface area contributed by atoms with Gasteiger partial charge in [-0.2, -0.15) is 0 Å². The Bertz CT molecular complexity index is 315. The van der Waals surface area contributed by atoms with Gasteiger partial charge < -0.3 is 16.2 Å². The van der Waals surface area contributed by atoms with E-state index in [1.807, 2.05) is 12.1 Å². The second kappa shape index (κ2) is 6.63. The molecule has 1 rings (SSSR count). The van der Waals surface area contributed by atoms with Gasteiger partial charge in [0, 0.05) is 25.2 Å². The van der Waals surface area contributed by atoms with Gasteiger partial charge in [-0.1, -0.05) is 24.3 Å². The van der Waals surface area contributed by atoms with Gasteiger partial charge >= 0.3 is 0 Å². The highest BCUT2D eigenvalue weighted by Gasteiger charge is 2.13. The van der Waals surface area contributed by atoms with Crippen LogP contribution in [0.5, 0.6) is 0 Å². The van der Waals surface area contributed by atoms with Gasteiger partial charge in [0.1, 0.15) is 0 Å². The Kier molecular flexibility index (Phi) is 5.46. The summed E-state index contributed by atoms with van der Waals surface area (Å²) in [4.78, 5) is 0. The number of aliphatic hydroxyl groups excluding tert-OH is 1. The molecule has 0 bridgehead atoms. The number of rotatable bonds is 6. The molecule has 1 aromatic carbocycles. The molecule has 3 heteroatoms. The van der Waals surface area contributed by atoms with Gasteiger partial charge in [-0.25, -0.2) is 0 Å². The smallest absolute Gasteiger partial charge is 0.0449 e. The first-order valence-electron chi connectivity index (χ1n) is 5.81. The van der Waals surface area contributed by atoms with E-state index in [-0.39, 0.29) is 18.7 Å². The third-order valence-corrected chi connectivity index (χ3v) is 2.85. The summed E-state index contributed by atoms with van der Waals surface area (Å²) in [6.45, 7) is 4.94. The lowest BCUT2D eigenvalue weighted by Crippen LogP contribution is -2.35. The molecule has 0 aromatic heterocycles. The van der Waals surface area contributed by atoms with Crippen LogP contribution in [0, 0.1) is 6.92 Å². The van der Waals surface area contributed by atoms with Crippen LogP contribution in [0.15, 0.2) is 24.3 Å². The highest BCUT2D eigenvalue weighted by atomic mass is 16.3. The summed E-state index contributed by atoms with van der Waals surface area (Å²) in [5.41, 5.74) is 8.29. The standard InChI is InChI=1S/C13H22N2O/c1-10-5-3-4-6-12(10)13(9-14)15-11(2)7-8-16/h3-6,11,13,15-16H,7-9,14H2,1-2H3. The number of nitrogens with two attached hydrogens (primary N) is 1. The van der Waals surface area contributed by atoms with Crippen LogP contribution in [0.2, 0.25) is 0 Å². The lowest BCUT2D eigenvalue weighted by Gasteiger charge is -2.23. The van der Waals surface area contributed by atoms with E-state index in [0.29, 0.717) is 6.54 Å². The number of aryl methyl sites for hydroxylation is 1. The van der Waals surface area contributed by atoms with E-state index in [1.165, 1.54) is 11.1 Å². The molecule has 2 unspecified atom stereocenters. The van der Waals surface area contributed by atoms with Crippen molar-refractivity contribution in [1.82, 2.24) is 5.32 Å². The lowest BCUT2D eigenvalue weighted by molar-refractivity contribution is 0.263. The van der Waals surface area contributed by atoms with E-state index >= 15 is 0 Å². The molecule has 16 heavy (non-hydrogen) atoms. The Morgan fingerprint density at radius 2 is 2.06 bits per heavy atom. The molecule has 90 valence electrons. The number of hydrogen-bond donors (Lipinski definition) is 3. The zero-order chi connectivity index (χ0) is 12.0. The van der Waals surface area contributed by atoms with Gasteiger partial charge in [0.05, 0.1) is 0 Å². The molecular formula is C13H22N2O. The first kappa shape index (κ1) is 13.2. The fourth-order valence-electron chi connectivity index (χ4n) is 1.88. The molecule has 1 aromatic rings. The van der Waals surface area contributed by atoms with Gasteiger partial charge in [0.25, 0.3) is 0 Å². The fraction of sp³-hybridized carbons (Fsp3) is 0.538. The summed E-state index contributed by atoms with van der Waals surface area (Å²) in [5, 5.41) is 12.3. The second-order valence-electron chi connectivity index (χ2n) is 4.22. The second-order valence-corrected chi connectivity index (χ2v) is 4.22. The molecule has 0 aliphatic rings. The van der Waals surface area contributed by atoms with Crippen LogP contribution in [0.25, 0.3) is 0 Å². The van der Waals surface area contributed by atoms with E-state index in [4.69, 9.17) is 10.8 Å². The summed E-state index contributed by atoms with van der Waals surface area (Å²) in [6, 6.07) is 8.70. The highest BCUT2D eigenvalue weighted by Crippen LogP contribution is 2.17. The molecule has 0 fully saturated rings. The summed E-state index contributed by atoms with van der Waals surface area (Å²) >= 11 is 0. The number of nitrogens with one attached hydrogen (secondary N) is 1. The molecule has 0 saturated carbocycles. The van der Waals surface area contributed by atoms with Gasteiger partial charge in [-0.3, -0.25) is 0 Å². The summed E-state index contributed by atoms with van der Waals surface area (Å²) in [7, 11) is 0. The van der Waals surface area contributed by atoms with Crippen LogP contribution in [-0.2, 0) is 0 Å². The van der Waals surface area contributed by atoms with Crippen molar-refractivity contribution in [3.63, 3.8) is 0 Å². The van der Waals surface area contributed by atoms with E-state index in [9.17, 15) is 0 Å². The summed E-state index contributed by atoms with van der Waals surface area (Å²) < 4.78 is 0. The molecule has 4 N–H and O–H groups in total. The zero-order valence-corrected chi connectivity index (χ0v) is 10.1. The molecule has 0 saturated heterocycles. The molecule has 2 atom stereocenters. The van der Waals surface area contributed by atoms with E-state index in [0.717, 1.165) is 6.42 Å². The molecule has 0 radical (unpaired) electrons. The maximum Gasteiger partial charge on any atom is 0.0449 e. The zero-order valence-electron chi connectivity index (χ0n) is 10.1. The Morgan fingerprint density at radius 1 is 1.38 bits per heavy atom. The predicted molar refractivity (Wildman–Crippen MR) is 67.3 cm³/mol. The normalized spacial score (nSPS) is 14.8. The van der Waals surface area contributed by atoms with Gasteiger partial charge in [0.15, 0.2) is 0 Å². The molecule has 3 nitrogen and oxygen atoms in total. The molecule has 0 aliphatic heterocycles. The van der Waals surface area contributed by atoms with Crippen LogP contribution >= 0.6 is 0 Å². The summed E-state index contributed by atoms with van der Waals surface area (Å²) in [6.07, 6.45) is 0.752. The highest BCUT2D eigenvalue weighted by molar-refractivity contribution is 5.29. The van der Waals surface area contributed by atoms with Crippen molar-refractivity contribution < 1.29 is 5.11 Å². The first-order chi connectivity index (χ1) is 7.69. The van der Waals surface area contributed by atoms with Crippen LogP contribution in [-0.4, -0.2) is 24.3 Å². The first-order valence-corrected chi connectivity index (χ1v) is 5.81. The van der Waals surface area contributed by atoms with E-state index in [1.54, 1.807) is 0 Å². The monoisotopic (exact) mass is 222 g/mol. The van der Waals surface area contributed by atoms with Crippen LogP contribution in [0.3, 0.4) is 0 Å². The quantitative estimate of drug-likeness (QED) is 0.681. The van der Waals surface area contributed by atoms with Crippen molar-refractivity contribution in [2.75, 3.05) is 13.2 Å². The third-order valence-electron chi connectivity index (χ3n) is 2.85. The molecule has 0 spiro atoms. The van der Waals surface area contributed by atoms with Crippen molar-refractivity contribution in [1.29, 1.82) is 0 Å². The van der Waals surface area contributed by atoms with Crippen molar-refractivity contribution >= 4 is 0 Å². The van der Waals surface area contributed by atoms with Gasteiger partial charge in [-0.15, -0.1) is 0 Å². The van der Waals surface area contributed by atoms with Crippen molar-refractivity contribution in [2.24, 2.45) is 5.73 Å². The molecular weight excluding hydrogens is 200 g/mol. The third kappa shape index (κ3) is 3.59. The molecule has 0 amide bonds. The van der Waals surface area contributed by atoms with Crippen LogP contribution in [0.4, 0.5) is 0 Å². The van der Waals surface area contributed by atoms with E-state index < -0.39 is 0 Å². The Hall–Kier alpha value is -0.900. The van der Waals surface area contributed by atoms with Gasteiger partial charge in [-0.05, 0) is 31.4 Å². The van der Waals surface area contributed by atoms with Crippen LogP contribution in [0.1, 0.15) is 30.5 Å². The number of hydrogen-bond acceptors (Lipinski definition) is 3. The van der Waals surface area contributed by atoms with Crippen molar-refractivity contribution in [2.45, 2.75) is 32.4 Å². The van der Waals surface area contributed by atoms with Crippen LogP contribution < -0.4 is 11.1 Å². The number of benzene rings is 1. The minimum absolute atomic E-state index is 0.169. The van der Waals surface area contributed by atoms with Gasteiger partial charge in [0.2, 0.25) is 0 Å². The fourth-order valence-corrected chi connectivity index (χ4v) is 1.88. The largest absolute Gasteiger partial charge is 0.396 e. The Morgan fingerprint density at radius 3 is 2.62 bits per heavy atom. The predicted octanol–water partition coefficient (Wildman–Crippen LogP) is 1.36. The van der Waals surface area contributed by atoms with Crippen molar-refractivity contribution in [3.05, 3.63) is 35.4 Å². The average Bonchev–Trinajstić information content (AvgIpc) is 2.27. The SMILES string of the molecule is Cc1ccccc1C(CN)NC(C)CCO. The minimum atomic E-state index is 0.169. The number of aliphatic hydroxyl groups is 1. The Labute approximate surface area is 97.7 Å². The Balaban J connectivity index is 2.71. The van der Waals surface area contributed by atoms with Crippen molar-refractivity contribution in [3.8, 4) is 0 Å².